The fraction of sp³-hybridized carbons (Fsp3) is 0.579. The van der Waals surface area contributed by atoms with Gasteiger partial charge in [-0.05, 0) is 37.2 Å². The topological polar surface area (TPSA) is 58.6 Å². The summed E-state index contributed by atoms with van der Waals surface area (Å²) in [4.78, 5) is 26.2. The molecule has 0 aromatic heterocycles. The minimum absolute atomic E-state index is 0.0392. The third-order valence-electron chi connectivity index (χ3n) is 6.50. The average molecular weight is 326 g/mol. The van der Waals surface area contributed by atoms with Gasteiger partial charge in [0.15, 0.2) is 0 Å². The first-order chi connectivity index (χ1) is 11.6. The van der Waals surface area contributed by atoms with E-state index in [1.165, 1.54) is 18.4 Å². The van der Waals surface area contributed by atoms with Gasteiger partial charge in [0.1, 0.15) is 6.61 Å². The molecule has 3 aliphatic heterocycles. The van der Waals surface area contributed by atoms with Crippen molar-refractivity contribution >= 4 is 12.0 Å². The quantitative estimate of drug-likeness (QED) is 0.905. The Morgan fingerprint density at radius 1 is 1.17 bits per heavy atom. The summed E-state index contributed by atoms with van der Waals surface area (Å²) in [6, 6.07) is 10.6. The Bertz CT molecular complexity index is 690. The van der Waals surface area contributed by atoms with E-state index in [1.54, 1.807) is 0 Å². The fourth-order valence-electron chi connectivity index (χ4n) is 5.36. The molecule has 1 aromatic carbocycles. The lowest BCUT2D eigenvalue weighted by Gasteiger charge is -2.58. The minimum atomic E-state index is -0.344. The number of ether oxygens (including phenoxy) is 1. The third kappa shape index (κ3) is 2.00. The molecule has 1 spiro atoms. The molecule has 2 amide bonds. The molecule has 0 atom stereocenters. The smallest absolute Gasteiger partial charge is 0.407 e. The highest BCUT2D eigenvalue weighted by Crippen LogP contribution is 2.53. The zero-order chi connectivity index (χ0) is 16.4. The van der Waals surface area contributed by atoms with Crippen molar-refractivity contribution < 1.29 is 14.3 Å². The molecule has 5 nitrogen and oxygen atoms in total. The van der Waals surface area contributed by atoms with Crippen molar-refractivity contribution in [2.24, 2.45) is 11.8 Å². The number of fused-ring (bicyclic) bond motifs is 2. The van der Waals surface area contributed by atoms with Crippen LogP contribution < -0.4 is 5.32 Å². The molecule has 3 heterocycles. The van der Waals surface area contributed by atoms with Crippen LogP contribution in [0.25, 0.3) is 0 Å². The first-order valence-corrected chi connectivity index (χ1v) is 8.87. The Kier molecular flexibility index (Phi) is 2.83. The summed E-state index contributed by atoms with van der Waals surface area (Å²) in [5.74, 6) is 0.954. The standard InChI is InChI=1S/C19H22N2O3/c22-16(14-8-19(9-14)12-24-17(23)20-19)21-10-13-6-18(7-13,11-21)15-4-2-1-3-5-15/h1-5,13-14H,6-12H2,(H,20,23)/t13?,14-,18?,19+. The molecule has 5 heteroatoms. The lowest BCUT2D eigenvalue weighted by Crippen LogP contribution is -2.64. The lowest BCUT2D eigenvalue weighted by molar-refractivity contribution is -0.149. The number of piperidine rings is 2. The maximum Gasteiger partial charge on any atom is 0.407 e. The van der Waals surface area contributed by atoms with E-state index in [0.29, 0.717) is 12.5 Å². The lowest BCUT2D eigenvalue weighted by atomic mass is 9.55. The molecule has 2 saturated carbocycles. The normalized spacial score (nSPS) is 39.7. The van der Waals surface area contributed by atoms with Crippen molar-refractivity contribution in [1.82, 2.24) is 10.2 Å². The molecule has 5 fully saturated rings. The van der Waals surface area contributed by atoms with Gasteiger partial charge in [0.2, 0.25) is 5.91 Å². The second-order valence-corrected chi connectivity index (χ2v) is 8.23. The summed E-state index contributed by atoms with van der Waals surface area (Å²) in [5, 5.41) is 2.87. The van der Waals surface area contributed by atoms with Gasteiger partial charge in [-0.2, -0.15) is 0 Å². The van der Waals surface area contributed by atoms with Crippen molar-refractivity contribution in [3.8, 4) is 0 Å². The Labute approximate surface area is 141 Å². The first kappa shape index (κ1) is 14.3. The van der Waals surface area contributed by atoms with Crippen LogP contribution in [0.15, 0.2) is 30.3 Å². The van der Waals surface area contributed by atoms with E-state index in [0.717, 1.165) is 25.9 Å². The van der Waals surface area contributed by atoms with E-state index < -0.39 is 0 Å². The molecule has 5 aliphatic rings. The zero-order valence-corrected chi connectivity index (χ0v) is 13.7. The number of nitrogens with one attached hydrogen (secondary N) is 1. The Morgan fingerprint density at radius 3 is 2.58 bits per heavy atom. The number of carbonyl (C=O) groups excluding carboxylic acids is 2. The minimum Gasteiger partial charge on any atom is -0.447 e. The van der Waals surface area contributed by atoms with Crippen LogP contribution in [0.4, 0.5) is 4.79 Å². The number of benzene rings is 1. The van der Waals surface area contributed by atoms with Gasteiger partial charge in [-0.3, -0.25) is 4.79 Å². The van der Waals surface area contributed by atoms with Crippen LogP contribution in [0.3, 0.4) is 0 Å². The van der Waals surface area contributed by atoms with E-state index in [9.17, 15) is 9.59 Å². The van der Waals surface area contributed by atoms with E-state index in [-0.39, 0.29) is 28.9 Å². The highest BCUT2D eigenvalue weighted by molar-refractivity contribution is 5.82. The van der Waals surface area contributed by atoms with Crippen molar-refractivity contribution in [2.75, 3.05) is 19.7 Å². The monoisotopic (exact) mass is 326 g/mol. The van der Waals surface area contributed by atoms with Crippen LogP contribution in [0.5, 0.6) is 0 Å². The summed E-state index contributed by atoms with van der Waals surface area (Å²) in [6.07, 6.45) is 3.51. The summed E-state index contributed by atoms with van der Waals surface area (Å²) in [6.45, 7) is 2.16. The molecular weight excluding hydrogens is 304 g/mol. The Hall–Kier alpha value is -2.04. The molecule has 1 aromatic rings. The molecule has 0 unspecified atom stereocenters. The third-order valence-corrected chi connectivity index (χ3v) is 6.50. The van der Waals surface area contributed by atoms with Gasteiger partial charge in [0.05, 0.1) is 5.54 Å². The van der Waals surface area contributed by atoms with Crippen molar-refractivity contribution in [2.45, 2.75) is 36.6 Å². The number of carbonyl (C=O) groups is 2. The van der Waals surface area contributed by atoms with Crippen molar-refractivity contribution in [1.29, 1.82) is 0 Å². The summed E-state index contributed by atoms with van der Waals surface area (Å²) >= 11 is 0. The Morgan fingerprint density at radius 2 is 1.92 bits per heavy atom. The van der Waals surface area contributed by atoms with Crippen LogP contribution >= 0.6 is 0 Å². The number of hydrogen-bond acceptors (Lipinski definition) is 3. The fourth-order valence-corrected chi connectivity index (χ4v) is 5.36. The van der Waals surface area contributed by atoms with Gasteiger partial charge in [0.25, 0.3) is 0 Å². The molecular formula is C19H22N2O3. The second-order valence-electron chi connectivity index (χ2n) is 8.23. The predicted octanol–water partition coefficient (Wildman–Crippen LogP) is 2.07. The van der Waals surface area contributed by atoms with Gasteiger partial charge >= 0.3 is 6.09 Å². The average Bonchev–Trinajstić information content (AvgIpc) is 2.95. The van der Waals surface area contributed by atoms with E-state index in [1.807, 2.05) is 6.07 Å². The molecule has 3 saturated heterocycles. The zero-order valence-electron chi connectivity index (χ0n) is 13.7. The van der Waals surface area contributed by atoms with Crippen LogP contribution in [0.1, 0.15) is 31.2 Å². The molecule has 1 N–H and O–H groups in total. The number of amides is 2. The van der Waals surface area contributed by atoms with Gasteiger partial charge in [0, 0.05) is 24.4 Å². The first-order valence-electron chi connectivity index (χ1n) is 8.87. The van der Waals surface area contributed by atoms with Crippen LogP contribution in [-0.4, -0.2) is 42.1 Å². The van der Waals surface area contributed by atoms with E-state index in [2.05, 4.69) is 34.5 Å². The second kappa shape index (κ2) is 4.74. The van der Waals surface area contributed by atoms with Crippen LogP contribution in [0.2, 0.25) is 0 Å². The molecule has 2 bridgehead atoms. The molecule has 126 valence electrons. The van der Waals surface area contributed by atoms with Gasteiger partial charge in [-0.25, -0.2) is 4.79 Å². The predicted molar refractivity (Wildman–Crippen MR) is 87.4 cm³/mol. The van der Waals surface area contributed by atoms with Gasteiger partial charge in [-0.15, -0.1) is 0 Å². The van der Waals surface area contributed by atoms with Crippen LogP contribution in [-0.2, 0) is 14.9 Å². The van der Waals surface area contributed by atoms with Gasteiger partial charge < -0.3 is 15.0 Å². The Balaban J connectivity index is 1.27. The summed E-state index contributed by atoms with van der Waals surface area (Å²) in [7, 11) is 0. The largest absolute Gasteiger partial charge is 0.447 e. The molecule has 0 radical (unpaired) electrons. The van der Waals surface area contributed by atoms with Gasteiger partial charge in [-0.1, -0.05) is 30.3 Å². The summed E-state index contributed by atoms with van der Waals surface area (Å²) in [5.41, 5.74) is 1.28. The summed E-state index contributed by atoms with van der Waals surface area (Å²) < 4.78 is 5.01. The molecule has 6 rings (SSSR count). The maximum absolute atomic E-state index is 12.9. The number of rotatable bonds is 2. The maximum atomic E-state index is 12.9. The van der Waals surface area contributed by atoms with Crippen molar-refractivity contribution in [3.05, 3.63) is 35.9 Å². The van der Waals surface area contributed by atoms with E-state index in [4.69, 9.17) is 4.74 Å². The van der Waals surface area contributed by atoms with Crippen molar-refractivity contribution in [3.63, 3.8) is 0 Å². The van der Waals surface area contributed by atoms with Crippen LogP contribution in [0, 0.1) is 11.8 Å². The highest BCUT2D eigenvalue weighted by atomic mass is 16.6. The number of nitrogens with zero attached hydrogens (tertiary/aromatic N) is 1. The SMILES string of the molecule is O=C1N[C@]2(CO1)C[C@H](C(=O)N1CC3CC(c4ccccc4)(C3)C1)C2. The number of hydrogen-bond donors (Lipinski definition) is 1. The number of cyclic esters (lactones) is 1. The molecule has 2 aliphatic carbocycles. The molecule has 24 heavy (non-hydrogen) atoms. The number of alkyl carbamates (subject to hydrolysis) is 1. The highest BCUT2D eigenvalue weighted by Gasteiger charge is 2.56. The van der Waals surface area contributed by atoms with E-state index >= 15 is 0 Å².